The normalized spacial score (nSPS) is 12.8. The van der Waals surface area contributed by atoms with Crippen LogP contribution in [-0.4, -0.2) is 13.1 Å². The standard InChI is InChI=1S/C17H21BrClNS/c1-12(2)9-20-10-14(7-17-8-15(18)11-21-17)13-4-3-5-16(19)6-13/h3-6,8,11-12,14,20H,7,9-10H2,1-2H3. The highest BCUT2D eigenvalue weighted by Gasteiger charge is 2.14. The zero-order valence-corrected chi connectivity index (χ0v) is 15.6. The molecule has 0 spiro atoms. The first-order valence-electron chi connectivity index (χ1n) is 7.23. The lowest BCUT2D eigenvalue weighted by molar-refractivity contribution is 0.515. The van der Waals surface area contributed by atoms with Crippen molar-refractivity contribution in [2.45, 2.75) is 26.2 Å². The van der Waals surface area contributed by atoms with Crippen molar-refractivity contribution in [2.75, 3.05) is 13.1 Å². The molecule has 0 bridgehead atoms. The summed E-state index contributed by atoms with van der Waals surface area (Å²) in [6.07, 6.45) is 1.04. The molecule has 0 saturated heterocycles. The van der Waals surface area contributed by atoms with Crippen LogP contribution in [0, 0.1) is 5.92 Å². The van der Waals surface area contributed by atoms with Gasteiger partial charge < -0.3 is 5.32 Å². The number of hydrogen-bond acceptors (Lipinski definition) is 2. The van der Waals surface area contributed by atoms with Gasteiger partial charge in [-0.1, -0.05) is 37.6 Å². The Morgan fingerprint density at radius 3 is 2.67 bits per heavy atom. The van der Waals surface area contributed by atoms with Gasteiger partial charge in [0.2, 0.25) is 0 Å². The van der Waals surface area contributed by atoms with Crippen LogP contribution in [0.2, 0.25) is 5.02 Å². The van der Waals surface area contributed by atoms with E-state index in [1.165, 1.54) is 14.9 Å². The third-order valence-electron chi connectivity index (χ3n) is 3.33. The topological polar surface area (TPSA) is 12.0 Å². The molecule has 0 fully saturated rings. The Morgan fingerprint density at radius 1 is 1.24 bits per heavy atom. The maximum atomic E-state index is 6.16. The van der Waals surface area contributed by atoms with Gasteiger partial charge in [-0.25, -0.2) is 0 Å². The zero-order chi connectivity index (χ0) is 15.2. The summed E-state index contributed by atoms with van der Waals surface area (Å²) in [6.45, 7) is 6.49. The van der Waals surface area contributed by atoms with Crippen LogP contribution in [0.4, 0.5) is 0 Å². The zero-order valence-electron chi connectivity index (χ0n) is 12.4. The van der Waals surface area contributed by atoms with Crippen molar-refractivity contribution >= 4 is 38.9 Å². The second kappa shape index (κ2) is 8.33. The van der Waals surface area contributed by atoms with Crippen molar-refractivity contribution in [3.8, 4) is 0 Å². The molecular weight excluding hydrogens is 366 g/mol. The molecule has 1 nitrogen and oxygen atoms in total. The van der Waals surface area contributed by atoms with Gasteiger partial charge in [0.25, 0.3) is 0 Å². The Labute approximate surface area is 144 Å². The highest BCUT2D eigenvalue weighted by Crippen LogP contribution is 2.28. The van der Waals surface area contributed by atoms with E-state index >= 15 is 0 Å². The fourth-order valence-electron chi connectivity index (χ4n) is 2.32. The fraction of sp³-hybridized carbons (Fsp3) is 0.412. The van der Waals surface area contributed by atoms with Crippen LogP contribution in [-0.2, 0) is 6.42 Å². The van der Waals surface area contributed by atoms with Gasteiger partial charge in [-0.2, -0.15) is 0 Å². The van der Waals surface area contributed by atoms with Gasteiger partial charge in [-0.3, -0.25) is 0 Å². The summed E-state index contributed by atoms with van der Waals surface area (Å²) in [5.74, 6) is 1.12. The highest BCUT2D eigenvalue weighted by atomic mass is 79.9. The number of halogens is 2. The van der Waals surface area contributed by atoms with E-state index in [2.05, 4.69) is 58.7 Å². The molecule has 1 unspecified atom stereocenters. The summed E-state index contributed by atoms with van der Waals surface area (Å²) in [5.41, 5.74) is 1.31. The Morgan fingerprint density at radius 2 is 2.05 bits per heavy atom. The van der Waals surface area contributed by atoms with E-state index in [0.29, 0.717) is 11.8 Å². The molecule has 0 aliphatic heterocycles. The fourth-order valence-corrected chi connectivity index (χ4v) is 4.05. The van der Waals surface area contributed by atoms with Crippen molar-refractivity contribution in [1.82, 2.24) is 5.32 Å². The molecule has 0 saturated carbocycles. The van der Waals surface area contributed by atoms with Crippen LogP contribution < -0.4 is 5.32 Å². The summed E-state index contributed by atoms with van der Waals surface area (Å²) in [5, 5.41) is 6.54. The molecule has 1 aromatic heterocycles. The predicted molar refractivity (Wildman–Crippen MR) is 97.6 cm³/mol. The second-order valence-corrected chi connectivity index (χ2v) is 8.09. The molecular formula is C17H21BrClNS. The van der Waals surface area contributed by atoms with Crippen LogP contribution in [0.3, 0.4) is 0 Å². The molecule has 0 radical (unpaired) electrons. The first-order chi connectivity index (χ1) is 10.0. The lowest BCUT2D eigenvalue weighted by Gasteiger charge is -2.19. The Balaban J connectivity index is 2.09. The molecule has 1 heterocycles. The van der Waals surface area contributed by atoms with Gasteiger partial charge in [0.15, 0.2) is 0 Å². The van der Waals surface area contributed by atoms with E-state index in [-0.39, 0.29) is 0 Å². The maximum Gasteiger partial charge on any atom is 0.0408 e. The minimum absolute atomic E-state index is 0.452. The molecule has 1 N–H and O–H groups in total. The smallest absolute Gasteiger partial charge is 0.0408 e. The van der Waals surface area contributed by atoms with Crippen LogP contribution in [0.5, 0.6) is 0 Å². The quantitative estimate of drug-likeness (QED) is 0.640. The van der Waals surface area contributed by atoms with Gasteiger partial charge in [0.1, 0.15) is 0 Å². The van der Waals surface area contributed by atoms with Crippen molar-refractivity contribution in [2.24, 2.45) is 5.92 Å². The van der Waals surface area contributed by atoms with E-state index in [1.807, 2.05) is 23.5 Å². The van der Waals surface area contributed by atoms with Crippen LogP contribution in [0.15, 0.2) is 40.2 Å². The van der Waals surface area contributed by atoms with Crippen LogP contribution in [0.1, 0.15) is 30.2 Å². The molecule has 1 aromatic carbocycles. The predicted octanol–water partition coefficient (Wildman–Crippen LogP) is 5.74. The molecule has 1 atom stereocenters. The van der Waals surface area contributed by atoms with E-state index in [0.717, 1.165) is 24.5 Å². The van der Waals surface area contributed by atoms with E-state index in [9.17, 15) is 0 Å². The average molecular weight is 387 g/mol. The summed E-state index contributed by atoms with van der Waals surface area (Å²) in [6, 6.07) is 10.5. The largest absolute Gasteiger partial charge is 0.316 e. The average Bonchev–Trinajstić information content (AvgIpc) is 2.83. The lowest BCUT2D eigenvalue weighted by atomic mass is 9.94. The Bertz CT molecular complexity index is 567. The number of hydrogen-bond donors (Lipinski definition) is 1. The lowest BCUT2D eigenvalue weighted by Crippen LogP contribution is -2.26. The first kappa shape index (κ1) is 17.0. The molecule has 0 aliphatic carbocycles. The number of benzene rings is 1. The molecule has 0 aliphatic rings. The molecule has 114 valence electrons. The molecule has 0 amide bonds. The monoisotopic (exact) mass is 385 g/mol. The summed E-state index contributed by atoms with van der Waals surface area (Å²) >= 11 is 11.5. The third kappa shape index (κ3) is 5.74. The molecule has 4 heteroatoms. The molecule has 21 heavy (non-hydrogen) atoms. The van der Waals surface area contributed by atoms with Crippen molar-refractivity contribution < 1.29 is 0 Å². The minimum Gasteiger partial charge on any atom is -0.316 e. The Kier molecular flexibility index (Phi) is 6.74. The van der Waals surface area contributed by atoms with Gasteiger partial charge in [0.05, 0.1) is 0 Å². The second-order valence-electron chi connectivity index (χ2n) is 5.74. The number of thiophene rings is 1. The number of rotatable bonds is 7. The van der Waals surface area contributed by atoms with Gasteiger partial charge >= 0.3 is 0 Å². The first-order valence-corrected chi connectivity index (χ1v) is 9.28. The van der Waals surface area contributed by atoms with Gasteiger partial charge in [-0.15, -0.1) is 11.3 Å². The van der Waals surface area contributed by atoms with E-state index in [1.54, 1.807) is 0 Å². The van der Waals surface area contributed by atoms with Crippen LogP contribution in [0.25, 0.3) is 0 Å². The van der Waals surface area contributed by atoms with Crippen molar-refractivity contribution in [1.29, 1.82) is 0 Å². The summed E-state index contributed by atoms with van der Waals surface area (Å²) in [4.78, 5) is 1.40. The van der Waals surface area contributed by atoms with E-state index in [4.69, 9.17) is 11.6 Å². The van der Waals surface area contributed by atoms with Gasteiger partial charge in [-0.05, 0) is 58.6 Å². The van der Waals surface area contributed by atoms with Crippen LogP contribution >= 0.6 is 38.9 Å². The third-order valence-corrected chi connectivity index (χ3v) is 5.29. The summed E-state index contributed by atoms with van der Waals surface area (Å²) < 4.78 is 1.17. The molecule has 2 rings (SSSR count). The van der Waals surface area contributed by atoms with E-state index < -0.39 is 0 Å². The van der Waals surface area contributed by atoms with Crippen molar-refractivity contribution in [3.05, 3.63) is 55.6 Å². The van der Waals surface area contributed by atoms with Gasteiger partial charge in [0, 0.05) is 32.2 Å². The number of nitrogens with one attached hydrogen (secondary N) is 1. The SMILES string of the molecule is CC(C)CNCC(Cc1cc(Br)cs1)c1cccc(Cl)c1. The summed E-state index contributed by atoms with van der Waals surface area (Å²) in [7, 11) is 0. The minimum atomic E-state index is 0.452. The highest BCUT2D eigenvalue weighted by molar-refractivity contribution is 9.10. The van der Waals surface area contributed by atoms with Crippen molar-refractivity contribution in [3.63, 3.8) is 0 Å². The maximum absolute atomic E-state index is 6.16. The molecule has 2 aromatic rings. The Hall–Kier alpha value is -0.350.